The van der Waals surface area contributed by atoms with Gasteiger partial charge in [-0.3, -0.25) is 9.09 Å². The fourth-order valence-electron chi connectivity index (χ4n) is 3.14. The van der Waals surface area contributed by atoms with Crippen molar-refractivity contribution in [2.24, 2.45) is 0 Å². The lowest BCUT2D eigenvalue weighted by atomic mass is 9.95. The van der Waals surface area contributed by atoms with E-state index < -0.39 is 54.1 Å². The van der Waals surface area contributed by atoms with Crippen LogP contribution in [0.15, 0.2) is 6.33 Å². The first-order valence-corrected chi connectivity index (χ1v) is 13.4. The maximum Gasteiger partial charge on any atom is 0.490 e. The van der Waals surface area contributed by atoms with Gasteiger partial charge in [0.05, 0.1) is 19.0 Å². The van der Waals surface area contributed by atoms with E-state index in [-0.39, 0.29) is 29.8 Å². The molecule has 1 aliphatic heterocycles. The quantitative estimate of drug-likeness (QED) is 0.186. The molecule has 2 aromatic heterocycles. The van der Waals surface area contributed by atoms with E-state index >= 15 is 0 Å². The van der Waals surface area contributed by atoms with Crippen molar-refractivity contribution in [2.45, 2.75) is 37.7 Å². The summed E-state index contributed by atoms with van der Waals surface area (Å²) in [6.45, 7) is 0.654. The summed E-state index contributed by atoms with van der Waals surface area (Å²) in [4.78, 5) is 46.9. The predicted octanol–water partition coefficient (Wildman–Crippen LogP) is 0.319. The van der Waals surface area contributed by atoms with Gasteiger partial charge < -0.3 is 35.2 Å². The lowest BCUT2D eigenvalue weighted by molar-refractivity contribution is -0.126. The molecule has 0 aliphatic carbocycles. The number of rotatable bonds is 9. The maximum absolute atomic E-state index is 13.6. The Morgan fingerprint density at radius 2 is 1.91 bits per heavy atom. The topological polar surface area (TPSA) is 259 Å². The third-order valence-electron chi connectivity index (χ3n) is 4.62. The number of aromatic nitrogens is 4. The van der Waals surface area contributed by atoms with Crippen LogP contribution in [0.4, 0.5) is 10.2 Å². The maximum atomic E-state index is 13.6. The monoisotopic (exact) mass is 537 g/mol. The van der Waals surface area contributed by atoms with Crippen LogP contribution in [-0.2, 0) is 31.6 Å². The number of halogens is 1. The van der Waals surface area contributed by atoms with E-state index in [2.05, 4.69) is 28.1 Å². The minimum Gasteiger partial charge on any atom is -0.390 e. The van der Waals surface area contributed by atoms with Crippen molar-refractivity contribution in [2.75, 3.05) is 12.3 Å². The molecule has 0 radical (unpaired) electrons. The highest BCUT2D eigenvalue weighted by Crippen LogP contribution is 2.66. The molecule has 0 spiro atoms. The van der Waals surface area contributed by atoms with Crippen LogP contribution < -0.4 is 5.73 Å². The van der Waals surface area contributed by atoms with Crippen molar-refractivity contribution in [1.29, 1.82) is 0 Å². The van der Waals surface area contributed by atoms with Crippen LogP contribution in [0.1, 0.15) is 26.0 Å². The van der Waals surface area contributed by atoms with Crippen molar-refractivity contribution < 1.29 is 60.6 Å². The SMILES string of the molecule is CC[C@]1(COP(=O)(O)OP(=O)(O)OP(=O)(O)O)O[C@@H](n2cnc3c(N)nc(F)nc32)C[C@@H]1O. The van der Waals surface area contributed by atoms with E-state index in [1.807, 2.05) is 0 Å². The number of nitrogens with two attached hydrogens (primary N) is 1. The Labute approximate surface area is 183 Å². The summed E-state index contributed by atoms with van der Waals surface area (Å²) in [5.41, 5.74) is 3.97. The normalized spacial score (nSPS) is 27.5. The minimum atomic E-state index is -5.71. The fraction of sp³-hybridized carbons (Fsp3) is 0.583. The molecule has 186 valence electrons. The second-order valence-electron chi connectivity index (χ2n) is 6.81. The lowest BCUT2D eigenvalue weighted by Crippen LogP contribution is -2.43. The first kappa shape index (κ1) is 26.2. The average molecular weight is 537 g/mol. The summed E-state index contributed by atoms with van der Waals surface area (Å²) >= 11 is 0. The van der Waals surface area contributed by atoms with Crippen LogP contribution in [-0.4, -0.2) is 62.5 Å². The molecule has 2 aromatic rings. The Kier molecular flexibility index (Phi) is 7.15. The largest absolute Gasteiger partial charge is 0.490 e. The molecule has 2 unspecified atom stereocenters. The van der Waals surface area contributed by atoms with Crippen molar-refractivity contribution in [3.8, 4) is 0 Å². The second-order valence-corrected chi connectivity index (χ2v) is 11.2. The van der Waals surface area contributed by atoms with E-state index in [0.29, 0.717) is 0 Å². The highest BCUT2D eigenvalue weighted by Gasteiger charge is 2.50. The van der Waals surface area contributed by atoms with Crippen LogP contribution in [0.5, 0.6) is 0 Å². The third-order valence-corrected chi connectivity index (χ3v) is 8.40. The number of aliphatic hydroxyl groups excluding tert-OH is 1. The van der Waals surface area contributed by atoms with E-state index in [1.165, 1.54) is 17.8 Å². The molecule has 33 heavy (non-hydrogen) atoms. The smallest absolute Gasteiger partial charge is 0.390 e. The second kappa shape index (κ2) is 9.00. The highest BCUT2D eigenvalue weighted by atomic mass is 31.3. The molecule has 0 amide bonds. The molecule has 5 atom stereocenters. The molecule has 3 rings (SSSR count). The summed E-state index contributed by atoms with van der Waals surface area (Å²) in [5.74, 6) is -0.232. The van der Waals surface area contributed by atoms with Gasteiger partial charge >= 0.3 is 29.5 Å². The Morgan fingerprint density at radius 3 is 2.52 bits per heavy atom. The van der Waals surface area contributed by atoms with Crippen LogP contribution in [0.25, 0.3) is 11.2 Å². The fourth-order valence-corrected chi connectivity index (χ4v) is 6.22. The molecular weight excluding hydrogens is 518 g/mol. The number of fused-ring (bicyclic) bond motifs is 1. The number of phosphoric acid groups is 3. The Bertz CT molecular complexity index is 1190. The van der Waals surface area contributed by atoms with Gasteiger partial charge in [0.15, 0.2) is 17.0 Å². The average Bonchev–Trinajstić information content (AvgIpc) is 3.18. The first-order chi connectivity index (χ1) is 15.1. The number of anilines is 1. The Hall–Kier alpha value is -1.39. The summed E-state index contributed by atoms with van der Waals surface area (Å²) in [7, 11) is -16.7. The molecule has 21 heteroatoms. The van der Waals surface area contributed by atoms with E-state index in [0.717, 1.165) is 0 Å². The summed E-state index contributed by atoms with van der Waals surface area (Å²) in [6, 6.07) is 0. The number of hydrogen-bond donors (Lipinski definition) is 6. The Balaban J connectivity index is 1.77. The van der Waals surface area contributed by atoms with Crippen LogP contribution in [0.2, 0.25) is 0 Å². The minimum absolute atomic E-state index is 0.0153. The molecule has 3 heterocycles. The van der Waals surface area contributed by atoms with E-state index in [1.54, 1.807) is 0 Å². The van der Waals surface area contributed by atoms with Gasteiger partial charge in [-0.25, -0.2) is 18.7 Å². The molecule has 0 bridgehead atoms. The molecule has 1 aliphatic rings. The first-order valence-electron chi connectivity index (χ1n) is 8.86. The number of nitrogen functional groups attached to an aromatic ring is 1. The molecule has 17 nitrogen and oxygen atoms in total. The molecule has 7 N–H and O–H groups in total. The van der Waals surface area contributed by atoms with Gasteiger partial charge in [-0.2, -0.15) is 23.0 Å². The van der Waals surface area contributed by atoms with Gasteiger partial charge in [0.25, 0.3) is 0 Å². The molecule has 0 aromatic carbocycles. The van der Waals surface area contributed by atoms with Gasteiger partial charge in [-0.1, -0.05) is 6.92 Å². The van der Waals surface area contributed by atoms with Gasteiger partial charge in [-0.05, 0) is 6.42 Å². The summed E-state index contributed by atoms with van der Waals surface area (Å²) < 4.78 is 66.7. The standard InChI is InChI=1S/C12H19FN5O12P3/c1-2-12(4-27-32(23,24)30-33(25,26)29-31(20,21)22)6(19)3-7(28-12)18-5-15-8-9(14)16-11(13)17-10(8)18/h5-7,19H,2-4H2,1H3,(H,23,24)(H,25,26)(H2,14,16,17)(H2,20,21,22)/t6-,7+,12+/m0/s1. The van der Waals surface area contributed by atoms with Gasteiger partial charge in [0.2, 0.25) is 0 Å². The third kappa shape index (κ3) is 6.00. The van der Waals surface area contributed by atoms with Crippen molar-refractivity contribution >= 4 is 40.4 Å². The Morgan fingerprint density at radius 1 is 1.24 bits per heavy atom. The lowest BCUT2D eigenvalue weighted by Gasteiger charge is -2.31. The van der Waals surface area contributed by atoms with Gasteiger partial charge in [0.1, 0.15) is 11.8 Å². The highest BCUT2D eigenvalue weighted by molar-refractivity contribution is 7.66. The predicted molar refractivity (Wildman–Crippen MR) is 103 cm³/mol. The van der Waals surface area contributed by atoms with Crippen molar-refractivity contribution in [1.82, 2.24) is 19.5 Å². The van der Waals surface area contributed by atoms with Crippen LogP contribution in [0.3, 0.4) is 0 Å². The number of hydrogen-bond acceptors (Lipinski definition) is 12. The van der Waals surface area contributed by atoms with E-state index in [9.17, 15) is 33.0 Å². The summed E-state index contributed by atoms with van der Waals surface area (Å²) in [5, 5.41) is 10.6. The van der Waals surface area contributed by atoms with Crippen LogP contribution >= 0.6 is 23.5 Å². The zero-order valence-electron chi connectivity index (χ0n) is 16.5. The molecule has 0 saturated carbocycles. The molecule has 1 saturated heterocycles. The number of nitrogens with zero attached hydrogens (tertiary/aromatic N) is 4. The number of imidazole rings is 1. The number of ether oxygens (including phenoxy) is 1. The van der Waals surface area contributed by atoms with Gasteiger partial charge in [0, 0.05) is 6.42 Å². The van der Waals surface area contributed by atoms with Gasteiger partial charge in [-0.15, -0.1) is 0 Å². The summed E-state index contributed by atoms with van der Waals surface area (Å²) in [6.07, 6.45) is -2.41. The zero-order chi connectivity index (χ0) is 24.8. The zero-order valence-corrected chi connectivity index (χ0v) is 19.2. The number of phosphoric ester groups is 1. The van der Waals surface area contributed by atoms with Crippen molar-refractivity contribution in [3.63, 3.8) is 0 Å². The molecular formula is C12H19FN5O12P3. The molecule has 1 fully saturated rings. The van der Waals surface area contributed by atoms with E-state index in [4.69, 9.17) is 20.3 Å². The van der Waals surface area contributed by atoms with Crippen LogP contribution in [0, 0.1) is 6.08 Å². The van der Waals surface area contributed by atoms with Crippen molar-refractivity contribution in [3.05, 3.63) is 12.4 Å². The number of aliphatic hydroxyl groups is 1.